The number of benzene rings is 2. The van der Waals surface area contributed by atoms with Gasteiger partial charge in [-0.25, -0.2) is 9.97 Å². The Morgan fingerprint density at radius 2 is 1.95 bits per heavy atom. The van der Waals surface area contributed by atoms with Crippen molar-refractivity contribution in [3.63, 3.8) is 0 Å². The zero-order valence-electron chi connectivity index (χ0n) is 11.0. The van der Waals surface area contributed by atoms with Gasteiger partial charge in [-0.1, -0.05) is 15.9 Å². The maximum absolute atomic E-state index is 4.35. The predicted molar refractivity (Wildman–Crippen MR) is 88.8 cm³/mol. The van der Waals surface area contributed by atoms with E-state index in [9.17, 15) is 0 Å². The molecule has 0 saturated carbocycles. The Hall–Kier alpha value is -2.40. The van der Waals surface area contributed by atoms with Crippen LogP contribution in [0.2, 0.25) is 0 Å². The number of H-pyrrole nitrogens is 1. The van der Waals surface area contributed by atoms with Gasteiger partial charge in [0.15, 0.2) is 0 Å². The number of nitrogens with one attached hydrogen (secondary N) is 2. The second-order valence-electron chi connectivity index (χ2n) is 4.79. The summed E-state index contributed by atoms with van der Waals surface area (Å²) in [6, 6.07) is 14.2. The van der Waals surface area contributed by atoms with Crippen LogP contribution in [-0.2, 0) is 0 Å². The van der Waals surface area contributed by atoms with Crippen LogP contribution in [0.3, 0.4) is 0 Å². The van der Waals surface area contributed by atoms with Crippen LogP contribution >= 0.6 is 15.9 Å². The standard InChI is InChI=1S/C16H11BrN4/c17-11-1-3-13-15(8-11)19-9-20-16(13)21-12-2-4-14-10(7-12)5-6-18-14/h1-9,18H,(H,19,20,21). The number of anilines is 2. The minimum atomic E-state index is 0.808. The van der Waals surface area contributed by atoms with Crippen molar-refractivity contribution in [3.05, 3.63) is 59.5 Å². The van der Waals surface area contributed by atoms with Crippen molar-refractivity contribution in [3.8, 4) is 0 Å². The second-order valence-corrected chi connectivity index (χ2v) is 5.70. The molecular formula is C16H11BrN4. The highest BCUT2D eigenvalue weighted by atomic mass is 79.9. The van der Waals surface area contributed by atoms with Gasteiger partial charge in [0.1, 0.15) is 12.1 Å². The molecule has 0 fully saturated rings. The van der Waals surface area contributed by atoms with Crippen molar-refractivity contribution in [2.24, 2.45) is 0 Å². The number of hydrogen-bond acceptors (Lipinski definition) is 3. The lowest BCUT2D eigenvalue weighted by Crippen LogP contribution is -1.95. The quantitative estimate of drug-likeness (QED) is 0.560. The van der Waals surface area contributed by atoms with Gasteiger partial charge in [0.05, 0.1) is 5.52 Å². The van der Waals surface area contributed by atoms with Gasteiger partial charge in [0, 0.05) is 32.6 Å². The van der Waals surface area contributed by atoms with E-state index in [1.807, 2.05) is 30.5 Å². The predicted octanol–water partition coefficient (Wildman–Crippen LogP) is 4.62. The molecule has 0 unspecified atom stereocenters. The first-order valence-electron chi connectivity index (χ1n) is 6.54. The molecule has 2 N–H and O–H groups in total. The number of halogens is 1. The van der Waals surface area contributed by atoms with Crippen LogP contribution in [0, 0.1) is 0 Å². The van der Waals surface area contributed by atoms with Crippen molar-refractivity contribution in [2.45, 2.75) is 0 Å². The minimum Gasteiger partial charge on any atom is -0.361 e. The third-order valence-corrected chi connectivity index (χ3v) is 3.91. The van der Waals surface area contributed by atoms with Crippen LogP contribution in [0.1, 0.15) is 0 Å². The molecule has 0 aliphatic heterocycles. The highest BCUT2D eigenvalue weighted by Gasteiger charge is 2.05. The van der Waals surface area contributed by atoms with Crippen LogP contribution < -0.4 is 5.32 Å². The highest BCUT2D eigenvalue weighted by Crippen LogP contribution is 2.26. The number of aromatic amines is 1. The molecule has 4 rings (SSSR count). The molecule has 0 radical (unpaired) electrons. The first kappa shape index (κ1) is 12.3. The molecular weight excluding hydrogens is 328 g/mol. The van der Waals surface area contributed by atoms with E-state index in [1.54, 1.807) is 6.33 Å². The summed E-state index contributed by atoms with van der Waals surface area (Å²) in [5, 5.41) is 5.53. The van der Waals surface area contributed by atoms with Crippen molar-refractivity contribution in [1.29, 1.82) is 0 Å². The van der Waals surface area contributed by atoms with Gasteiger partial charge in [0.25, 0.3) is 0 Å². The Bertz CT molecular complexity index is 945. The molecule has 5 heteroatoms. The summed E-state index contributed by atoms with van der Waals surface area (Å²) in [5.41, 5.74) is 3.03. The topological polar surface area (TPSA) is 53.6 Å². The lowest BCUT2D eigenvalue weighted by molar-refractivity contribution is 1.22. The molecule has 2 heterocycles. The fourth-order valence-corrected chi connectivity index (χ4v) is 2.75. The Labute approximate surface area is 129 Å². The van der Waals surface area contributed by atoms with Crippen molar-refractivity contribution in [1.82, 2.24) is 15.0 Å². The number of fused-ring (bicyclic) bond motifs is 2. The zero-order valence-corrected chi connectivity index (χ0v) is 12.6. The van der Waals surface area contributed by atoms with Gasteiger partial charge in [-0.15, -0.1) is 0 Å². The molecule has 2 aromatic carbocycles. The zero-order chi connectivity index (χ0) is 14.2. The van der Waals surface area contributed by atoms with E-state index in [-0.39, 0.29) is 0 Å². The van der Waals surface area contributed by atoms with Gasteiger partial charge in [-0.3, -0.25) is 0 Å². The van der Waals surface area contributed by atoms with Gasteiger partial charge in [-0.2, -0.15) is 0 Å². The molecule has 102 valence electrons. The number of rotatable bonds is 2. The number of aromatic nitrogens is 3. The van der Waals surface area contributed by atoms with E-state index >= 15 is 0 Å². The van der Waals surface area contributed by atoms with Crippen LogP contribution in [0.5, 0.6) is 0 Å². The number of nitrogens with zero attached hydrogens (tertiary/aromatic N) is 2. The fourth-order valence-electron chi connectivity index (χ4n) is 2.40. The van der Waals surface area contributed by atoms with Crippen LogP contribution in [0.15, 0.2) is 59.5 Å². The molecule has 21 heavy (non-hydrogen) atoms. The SMILES string of the molecule is Brc1ccc2c(Nc3ccc4[nH]ccc4c3)ncnc2c1. The first-order valence-corrected chi connectivity index (χ1v) is 7.33. The van der Waals surface area contributed by atoms with Crippen molar-refractivity contribution in [2.75, 3.05) is 5.32 Å². The molecule has 0 atom stereocenters. The molecule has 2 aromatic heterocycles. The van der Waals surface area contributed by atoms with E-state index in [2.05, 4.69) is 54.4 Å². The van der Waals surface area contributed by atoms with Crippen LogP contribution in [0.25, 0.3) is 21.8 Å². The Morgan fingerprint density at radius 3 is 2.90 bits per heavy atom. The van der Waals surface area contributed by atoms with Crippen molar-refractivity contribution >= 4 is 49.2 Å². The van der Waals surface area contributed by atoms with Crippen LogP contribution in [0.4, 0.5) is 11.5 Å². The maximum atomic E-state index is 4.35. The third kappa shape index (κ3) is 2.25. The largest absolute Gasteiger partial charge is 0.361 e. The summed E-state index contributed by atoms with van der Waals surface area (Å²) in [6.07, 6.45) is 3.51. The summed E-state index contributed by atoms with van der Waals surface area (Å²) in [4.78, 5) is 11.8. The van der Waals surface area contributed by atoms with Gasteiger partial charge in [0.2, 0.25) is 0 Å². The van der Waals surface area contributed by atoms with E-state index < -0.39 is 0 Å². The molecule has 0 spiro atoms. The fraction of sp³-hybridized carbons (Fsp3) is 0. The Balaban J connectivity index is 1.79. The lowest BCUT2D eigenvalue weighted by atomic mass is 10.2. The van der Waals surface area contributed by atoms with E-state index in [4.69, 9.17) is 0 Å². The molecule has 0 amide bonds. The maximum Gasteiger partial charge on any atom is 0.141 e. The van der Waals surface area contributed by atoms with Gasteiger partial charge < -0.3 is 10.3 Å². The average molecular weight is 339 g/mol. The highest BCUT2D eigenvalue weighted by molar-refractivity contribution is 9.10. The molecule has 0 bridgehead atoms. The molecule has 4 aromatic rings. The summed E-state index contributed by atoms with van der Waals surface area (Å²) >= 11 is 3.46. The Morgan fingerprint density at radius 1 is 1.00 bits per heavy atom. The molecule has 0 saturated heterocycles. The van der Waals surface area contributed by atoms with Crippen LogP contribution in [-0.4, -0.2) is 15.0 Å². The van der Waals surface area contributed by atoms with Gasteiger partial charge in [-0.05, 0) is 42.5 Å². The summed E-state index contributed by atoms with van der Waals surface area (Å²) in [5.74, 6) is 0.808. The third-order valence-electron chi connectivity index (χ3n) is 3.41. The summed E-state index contributed by atoms with van der Waals surface area (Å²) < 4.78 is 1.01. The lowest BCUT2D eigenvalue weighted by Gasteiger charge is -2.08. The monoisotopic (exact) mass is 338 g/mol. The molecule has 4 nitrogen and oxygen atoms in total. The van der Waals surface area contributed by atoms with E-state index in [0.717, 1.165) is 32.4 Å². The minimum absolute atomic E-state index is 0.808. The summed E-state index contributed by atoms with van der Waals surface area (Å²) in [7, 11) is 0. The molecule has 0 aliphatic carbocycles. The van der Waals surface area contributed by atoms with E-state index in [1.165, 1.54) is 5.39 Å². The van der Waals surface area contributed by atoms with Gasteiger partial charge >= 0.3 is 0 Å². The summed E-state index contributed by atoms with van der Waals surface area (Å²) in [6.45, 7) is 0. The first-order chi connectivity index (χ1) is 10.3. The normalized spacial score (nSPS) is 11.1. The molecule has 0 aliphatic rings. The Kier molecular flexibility index (Phi) is 2.86. The second kappa shape index (κ2) is 4.86. The van der Waals surface area contributed by atoms with E-state index in [0.29, 0.717) is 0 Å². The average Bonchev–Trinajstić information content (AvgIpc) is 2.95. The van der Waals surface area contributed by atoms with Crippen molar-refractivity contribution < 1.29 is 0 Å². The smallest absolute Gasteiger partial charge is 0.141 e. The number of hydrogen-bond donors (Lipinski definition) is 2.